The summed E-state index contributed by atoms with van der Waals surface area (Å²) in [6.07, 6.45) is -2.70. The summed E-state index contributed by atoms with van der Waals surface area (Å²) in [6.45, 7) is 2.11. The molecule has 0 spiro atoms. The number of nitrogens with one attached hydrogen (secondary N) is 1. The Labute approximate surface area is 59.5 Å². The molecule has 0 amide bonds. The van der Waals surface area contributed by atoms with E-state index in [-0.39, 0.29) is 6.04 Å². The molecule has 60 valence electrons. The molecule has 4 heteroatoms. The zero-order valence-electron chi connectivity index (χ0n) is 5.86. The summed E-state index contributed by atoms with van der Waals surface area (Å²) in [7, 11) is 0. The molecular formula is C6H13NO3. The summed E-state index contributed by atoms with van der Waals surface area (Å²) < 4.78 is 0. The average molecular weight is 147 g/mol. The predicted molar refractivity (Wildman–Crippen MR) is 35.5 cm³/mol. The van der Waals surface area contributed by atoms with Gasteiger partial charge in [0.15, 0.2) is 0 Å². The second-order valence-corrected chi connectivity index (χ2v) is 2.75. The van der Waals surface area contributed by atoms with Gasteiger partial charge in [-0.2, -0.15) is 0 Å². The monoisotopic (exact) mass is 147 g/mol. The lowest BCUT2D eigenvalue weighted by Crippen LogP contribution is -2.58. The highest BCUT2D eigenvalue weighted by Gasteiger charge is 2.33. The molecule has 0 bridgehead atoms. The molecule has 1 fully saturated rings. The first-order valence-electron chi connectivity index (χ1n) is 3.40. The molecule has 1 aliphatic heterocycles. The van der Waals surface area contributed by atoms with E-state index >= 15 is 0 Å². The molecule has 0 radical (unpaired) electrons. The lowest BCUT2D eigenvalue weighted by molar-refractivity contribution is -0.0910. The van der Waals surface area contributed by atoms with Crippen molar-refractivity contribution >= 4 is 0 Å². The molecule has 1 aliphatic rings. The fourth-order valence-electron chi connectivity index (χ4n) is 1.07. The van der Waals surface area contributed by atoms with Crippen LogP contribution >= 0.6 is 0 Å². The van der Waals surface area contributed by atoms with Gasteiger partial charge in [0.1, 0.15) is 6.10 Å². The molecule has 1 heterocycles. The van der Waals surface area contributed by atoms with Gasteiger partial charge < -0.3 is 20.6 Å². The van der Waals surface area contributed by atoms with Gasteiger partial charge >= 0.3 is 0 Å². The van der Waals surface area contributed by atoms with Gasteiger partial charge in [0, 0.05) is 12.6 Å². The molecule has 1 rings (SSSR count). The van der Waals surface area contributed by atoms with Crippen LogP contribution in [-0.2, 0) is 0 Å². The lowest BCUT2D eigenvalue weighted by atomic mass is 9.98. The van der Waals surface area contributed by atoms with E-state index in [1.165, 1.54) is 0 Å². The van der Waals surface area contributed by atoms with Crippen molar-refractivity contribution in [2.24, 2.45) is 0 Å². The van der Waals surface area contributed by atoms with Crippen LogP contribution in [-0.4, -0.2) is 46.2 Å². The Balaban J connectivity index is 2.52. The van der Waals surface area contributed by atoms with Crippen molar-refractivity contribution in [1.82, 2.24) is 5.32 Å². The molecule has 0 aromatic heterocycles. The minimum Gasteiger partial charge on any atom is -0.389 e. The van der Waals surface area contributed by atoms with Crippen molar-refractivity contribution in [3.05, 3.63) is 0 Å². The fraction of sp³-hybridized carbons (Fsp3) is 1.00. The van der Waals surface area contributed by atoms with Crippen LogP contribution in [0.1, 0.15) is 6.92 Å². The average Bonchev–Trinajstić information content (AvgIpc) is 1.93. The zero-order valence-corrected chi connectivity index (χ0v) is 5.86. The summed E-state index contributed by atoms with van der Waals surface area (Å²) >= 11 is 0. The van der Waals surface area contributed by atoms with Crippen molar-refractivity contribution in [2.45, 2.75) is 31.3 Å². The second-order valence-electron chi connectivity index (χ2n) is 2.75. The van der Waals surface area contributed by atoms with Crippen molar-refractivity contribution in [3.8, 4) is 0 Å². The molecule has 1 saturated heterocycles. The lowest BCUT2D eigenvalue weighted by Gasteiger charge is -2.33. The number of hydrogen-bond donors (Lipinski definition) is 4. The van der Waals surface area contributed by atoms with Crippen molar-refractivity contribution in [1.29, 1.82) is 0 Å². The number of rotatable bonds is 0. The first kappa shape index (κ1) is 7.94. The van der Waals surface area contributed by atoms with Crippen molar-refractivity contribution in [3.63, 3.8) is 0 Å². The third kappa shape index (κ3) is 1.29. The third-order valence-electron chi connectivity index (χ3n) is 1.91. The molecule has 0 unspecified atom stereocenters. The van der Waals surface area contributed by atoms with E-state index in [2.05, 4.69) is 5.32 Å². The fourth-order valence-corrected chi connectivity index (χ4v) is 1.07. The van der Waals surface area contributed by atoms with Gasteiger partial charge in [-0.3, -0.25) is 0 Å². The molecule has 0 aromatic rings. The Hall–Kier alpha value is -0.160. The largest absolute Gasteiger partial charge is 0.389 e. The van der Waals surface area contributed by atoms with Gasteiger partial charge in [0.25, 0.3) is 0 Å². The van der Waals surface area contributed by atoms with Crippen LogP contribution in [0.15, 0.2) is 0 Å². The summed E-state index contributed by atoms with van der Waals surface area (Å²) in [5.41, 5.74) is 0. The van der Waals surface area contributed by atoms with E-state index in [9.17, 15) is 0 Å². The van der Waals surface area contributed by atoms with Crippen LogP contribution in [0, 0.1) is 0 Å². The Morgan fingerprint density at radius 3 is 2.30 bits per heavy atom. The van der Waals surface area contributed by atoms with E-state index in [0.717, 1.165) is 0 Å². The number of piperidine rings is 1. The molecule has 4 nitrogen and oxygen atoms in total. The van der Waals surface area contributed by atoms with Crippen LogP contribution in [0.25, 0.3) is 0 Å². The van der Waals surface area contributed by atoms with Gasteiger partial charge in [0.05, 0.1) is 12.2 Å². The van der Waals surface area contributed by atoms with Crippen LogP contribution in [0.3, 0.4) is 0 Å². The summed E-state index contributed by atoms with van der Waals surface area (Å²) in [5.74, 6) is 0. The van der Waals surface area contributed by atoms with Crippen LogP contribution in [0.5, 0.6) is 0 Å². The van der Waals surface area contributed by atoms with Gasteiger partial charge in [-0.05, 0) is 6.92 Å². The quantitative estimate of drug-likeness (QED) is 0.322. The first-order valence-corrected chi connectivity index (χ1v) is 3.40. The van der Waals surface area contributed by atoms with Crippen molar-refractivity contribution in [2.75, 3.05) is 6.54 Å². The predicted octanol–water partition coefficient (Wildman–Crippen LogP) is -1.94. The first-order chi connectivity index (χ1) is 4.63. The zero-order chi connectivity index (χ0) is 7.72. The highest BCUT2D eigenvalue weighted by Crippen LogP contribution is 2.09. The van der Waals surface area contributed by atoms with Gasteiger partial charge in [-0.1, -0.05) is 0 Å². The Morgan fingerprint density at radius 2 is 1.80 bits per heavy atom. The molecule has 4 atom stereocenters. The Kier molecular flexibility index (Phi) is 2.25. The van der Waals surface area contributed by atoms with E-state index < -0.39 is 18.3 Å². The van der Waals surface area contributed by atoms with E-state index in [1.54, 1.807) is 6.92 Å². The smallest absolute Gasteiger partial charge is 0.108 e. The highest BCUT2D eigenvalue weighted by atomic mass is 16.4. The molecule has 0 aromatic carbocycles. The number of aliphatic hydroxyl groups excluding tert-OH is 3. The Bertz CT molecular complexity index is 106. The highest BCUT2D eigenvalue weighted by molar-refractivity contribution is 4.89. The van der Waals surface area contributed by atoms with E-state index in [4.69, 9.17) is 15.3 Å². The molecule has 0 saturated carbocycles. The van der Waals surface area contributed by atoms with Crippen LogP contribution in [0.2, 0.25) is 0 Å². The third-order valence-corrected chi connectivity index (χ3v) is 1.91. The Morgan fingerprint density at radius 1 is 1.20 bits per heavy atom. The summed E-state index contributed by atoms with van der Waals surface area (Å²) in [5, 5.41) is 30.1. The minimum absolute atomic E-state index is 0.140. The molecule has 4 N–H and O–H groups in total. The second kappa shape index (κ2) is 2.84. The topological polar surface area (TPSA) is 72.7 Å². The molecule has 0 aliphatic carbocycles. The standard InChI is InChI=1S/C6H13NO3/c1-3-5(9)6(10)4(8)2-7-3/h3-10H,2H2,1H3/t3-,4-,5+,6-/m0/s1. The summed E-state index contributed by atoms with van der Waals surface area (Å²) in [4.78, 5) is 0. The molecule has 10 heavy (non-hydrogen) atoms. The van der Waals surface area contributed by atoms with Crippen molar-refractivity contribution < 1.29 is 15.3 Å². The number of β-amino-alcohol motifs (C(OH)–C–C–N with tert-alkyl or cyclic N) is 1. The van der Waals surface area contributed by atoms with Gasteiger partial charge in [-0.25, -0.2) is 0 Å². The number of hydrogen-bond acceptors (Lipinski definition) is 4. The SMILES string of the molecule is C[C@@H]1NC[C@H](O)[C@H](O)[C@@H]1O. The number of aliphatic hydroxyl groups is 3. The maximum absolute atomic E-state index is 9.14. The van der Waals surface area contributed by atoms with E-state index in [0.29, 0.717) is 6.54 Å². The van der Waals surface area contributed by atoms with Gasteiger partial charge in [0.2, 0.25) is 0 Å². The van der Waals surface area contributed by atoms with Gasteiger partial charge in [-0.15, -0.1) is 0 Å². The summed E-state index contributed by atoms with van der Waals surface area (Å²) in [6, 6.07) is -0.140. The maximum Gasteiger partial charge on any atom is 0.108 e. The normalized spacial score (nSPS) is 49.2. The minimum atomic E-state index is -1.00. The van der Waals surface area contributed by atoms with Crippen LogP contribution in [0.4, 0.5) is 0 Å². The molecular weight excluding hydrogens is 134 g/mol. The maximum atomic E-state index is 9.14. The van der Waals surface area contributed by atoms with Crippen LogP contribution < -0.4 is 5.32 Å². The van der Waals surface area contributed by atoms with E-state index in [1.807, 2.05) is 0 Å².